The van der Waals surface area contributed by atoms with Gasteiger partial charge >= 0.3 is 0 Å². The molecule has 0 unspecified atom stereocenters. The van der Waals surface area contributed by atoms with Crippen molar-refractivity contribution in [3.8, 4) is 12.3 Å². The second-order valence-electron chi connectivity index (χ2n) is 4.45. The van der Waals surface area contributed by atoms with Gasteiger partial charge in [0.1, 0.15) is 0 Å². The first-order valence-electron chi connectivity index (χ1n) is 5.05. The van der Waals surface area contributed by atoms with Crippen molar-refractivity contribution < 1.29 is 8.42 Å². The number of hydrogen-bond acceptors (Lipinski definition) is 3. The highest BCUT2D eigenvalue weighted by Crippen LogP contribution is 2.17. The fourth-order valence-corrected chi connectivity index (χ4v) is 2.84. The van der Waals surface area contributed by atoms with E-state index in [1.54, 1.807) is 32.9 Å². The van der Waals surface area contributed by atoms with E-state index in [1.807, 2.05) is 0 Å². The minimum atomic E-state index is -3.65. The number of aryl methyl sites for hydroxylation is 1. The fraction of sp³-hybridized carbons (Fsp3) is 0.333. The van der Waals surface area contributed by atoms with Crippen molar-refractivity contribution in [3.05, 3.63) is 23.8 Å². The van der Waals surface area contributed by atoms with E-state index in [2.05, 4.69) is 10.6 Å². The number of benzene rings is 1. The van der Waals surface area contributed by atoms with Gasteiger partial charge in [0.2, 0.25) is 10.0 Å². The van der Waals surface area contributed by atoms with Gasteiger partial charge in [0.15, 0.2) is 0 Å². The molecule has 1 rings (SSSR count). The topological polar surface area (TPSA) is 72.2 Å². The van der Waals surface area contributed by atoms with Crippen LogP contribution >= 0.6 is 0 Å². The van der Waals surface area contributed by atoms with Crippen LogP contribution in [0, 0.1) is 19.3 Å². The van der Waals surface area contributed by atoms with Gasteiger partial charge in [-0.2, -0.15) is 4.72 Å². The van der Waals surface area contributed by atoms with Crippen LogP contribution in [0.1, 0.15) is 19.4 Å². The number of anilines is 1. The van der Waals surface area contributed by atoms with Crippen LogP contribution in [0.4, 0.5) is 5.69 Å². The zero-order chi connectivity index (χ0) is 13.3. The Hall–Kier alpha value is -1.51. The number of rotatable bonds is 3. The second-order valence-corrected chi connectivity index (χ2v) is 6.14. The van der Waals surface area contributed by atoms with Gasteiger partial charge in [0.25, 0.3) is 0 Å². The number of nitrogens with two attached hydrogens (primary N) is 1. The molecule has 4 nitrogen and oxygen atoms in total. The number of terminal acetylenes is 1. The minimum absolute atomic E-state index is 0.123. The largest absolute Gasteiger partial charge is 0.399 e. The maximum Gasteiger partial charge on any atom is 0.241 e. The lowest BCUT2D eigenvalue weighted by Gasteiger charge is -2.19. The lowest BCUT2D eigenvalue weighted by molar-refractivity contribution is 0.539. The summed E-state index contributed by atoms with van der Waals surface area (Å²) in [5.74, 6) is 2.37. The summed E-state index contributed by atoms with van der Waals surface area (Å²) in [4.78, 5) is 0.123. The Bertz CT molecular complexity index is 548. The molecule has 1 aromatic rings. The molecule has 0 saturated carbocycles. The van der Waals surface area contributed by atoms with E-state index >= 15 is 0 Å². The third-order valence-electron chi connectivity index (χ3n) is 2.13. The van der Waals surface area contributed by atoms with E-state index < -0.39 is 15.6 Å². The Morgan fingerprint density at radius 1 is 1.35 bits per heavy atom. The normalized spacial score (nSPS) is 12.1. The molecule has 0 aliphatic carbocycles. The molecule has 0 aliphatic rings. The molecule has 0 atom stereocenters. The van der Waals surface area contributed by atoms with Crippen molar-refractivity contribution in [1.82, 2.24) is 4.72 Å². The molecule has 5 heteroatoms. The van der Waals surface area contributed by atoms with Crippen LogP contribution in [0.15, 0.2) is 23.1 Å². The summed E-state index contributed by atoms with van der Waals surface area (Å²) < 4.78 is 26.5. The summed E-state index contributed by atoms with van der Waals surface area (Å²) in [5, 5.41) is 0. The molecule has 0 aromatic heterocycles. The summed E-state index contributed by atoms with van der Waals surface area (Å²) in [5.41, 5.74) is 5.87. The van der Waals surface area contributed by atoms with Gasteiger partial charge in [-0.1, -0.05) is 5.92 Å². The van der Waals surface area contributed by atoms with Gasteiger partial charge in [-0.05, 0) is 44.5 Å². The number of sulfonamides is 1. The zero-order valence-electron chi connectivity index (χ0n) is 10.1. The monoisotopic (exact) mass is 252 g/mol. The van der Waals surface area contributed by atoms with Gasteiger partial charge in [0.05, 0.1) is 10.4 Å². The van der Waals surface area contributed by atoms with Crippen molar-refractivity contribution in [2.24, 2.45) is 0 Å². The van der Waals surface area contributed by atoms with E-state index in [0.29, 0.717) is 5.69 Å². The predicted molar refractivity (Wildman–Crippen MR) is 68.8 cm³/mol. The van der Waals surface area contributed by atoms with Crippen molar-refractivity contribution in [3.63, 3.8) is 0 Å². The molecule has 0 aliphatic heterocycles. The van der Waals surface area contributed by atoms with Crippen LogP contribution in [0.5, 0.6) is 0 Å². The first-order chi connectivity index (χ1) is 7.66. The van der Waals surface area contributed by atoms with Gasteiger partial charge < -0.3 is 5.73 Å². The molecule has 0 amide bonds. The quantitative estimate of drug-likeness (QED) is 0.628. The van der Waals surface area contributed by atoms with Gasteiger partial charge in [-0.3, -0.25) is 0 Å². The molecule has 92 valence electrons. The molecule has 0 fully saturated rings. The standard InChI is InChI=1S/C12H16N2O2S/c1-5-12(3,4)14-17(15,16)11-7-9(2)6-10(13)8-11/h1,6-8,14H,13H2,2-4H3. The van der Waals surface area contributed by atoms with Crippen LogP contribution in [0.25, 0.3) is 0 Å². The van der Waals surface area contributed by atoms with Gasteiger partial charge in [-0.25, -0.2) is 8.42 Å². The fourth-order valence-electron chi connectivity index (χ4n) is 1.36. The van der Waals surface area contributed by atoms with Crippen LogP contribution in [-0.2, 0) is 10.0 Å². The van der Waals surface area contributed by atoms with E-state index in [-0.39, 0.29) is 4.90 Å². The van der Waals surface area contributed by atoms with Gasteiger partial charge in [0, 0.05) is 5.69 Å². The molecule has 0 bridgehead atoms. The molecule has 0 saturated heterocycles. The first-order valence-corrected chi connectivity index (χ1v) is 6.53. The predicted octanol–water partition coefficient (Wildman–Crippen LogP) is 1.27. The van der Waals surface area contributed by atoms with Crippen molar-refractivity contribution in [1.29, 1.82) is 0 Å². The number of hydrogen-bond donors (Lipinski definition) is 2. The molecule has 0 radical (unpaired) electrons. The van der Waals surface area contributed by atoms with E-state index in [0.717, 1.165) is 5.56 Å². The lowest BCUT2D eigenvalue weighted by atomic mass is 10.1. The van der Waals surface area contributed by atoms with Crippen molar-refractivity contribution in [2.75, 3.05) is 5.73 Å². The number of nitrogens with one attached hydrogen (secondary N) is 1. The molecule has 1 aromatic carbocycles. The Morgan fingerprint density at radius 3 is 2.41 bits per heavy atom. The Balaban J connectivity index is 3.20. The first kappa shape index (κ1) is 13.6. The number of nitrogen functional groups attached to an aromatic ring is 1. The van der Waals surface area contributed by atoms with Crippen LogP contribution in [-0.4, -0.2) is 14.0 Å². The third-order valence-corrected chi connectivity index (χ3v) is 3.77. The Labute approximate surface area is 102 Å². The third kappa shape index (κ3) is 3.48. The maximum absolute atomic E-state index is 12.0. The molecule has 3 N–H and O–H groups in total. The SMILES string of the molecule is C#CC(C)(C)NS(=O)(=O)c1cc(C)cc(N)c1. The molecular weight excluding hydrogens is 236 g/mol. The lowest BCUT2D eigenvalue weighted by Crippen LogP contribution is -2.41. The highest BCUT2D eigenvalue weighted by Gasteiger charge is 2.24. The summed E-state index contributed by atoms with van der Waals surface area (Å²) in [6.07, 6.45) is 5.25. The Kier molecular flexibility index (Phi) is 3.51. The maximum atomic E-state index is 12.0. The zero-order valence-corrected chi connectivity index (χ0v) is 10.9. The molecule has 0 spiro atoms. The second kappa shape index (κ2) is 4.40. The average molecular weight is 252 g/mol. The van der Waals surface area contributed by atoms with Crippen LogP contribution in [0.3, 0.4) is 0 Å². The molecular formula is C12H16N2O2S. The van der Waals surface area contributed by atoms with Crippen molar-refractivity contribution in [2.45, 2.75) is 31.2 Å². The summed E-state index contributed by atoms with van der Waals surface area (Å²) in [6, 6.07) is 4.65. The van der Waals surface area contributed by atoms with Gasteiger partial charge in [-0.15, -0.1) is 6.42 Å². The summed E-state index contributed by atoms with van der Waals surface area (Å²) in [6.45, 7) is 5.01. The van der Waals surface area contributed by atoms with Crippen LogP contribution < -0.4 is 10.5 Å². The highest BCUT2D eigenvalue weighted by atomic mass is 32.2. The molecule has 17 heavy (non-hydrogen) atoms. The van der Waals surface area contributed by atoms with E-state index in [4.69, 9.17) is 12.2 Å². The summed E-state index contributed by atoms with van der Waals surface area (Å²) >= 11 is 0. The minimum Gasteiger partial charge on any atom is -0.399 e. The highest BCUT2D eigenvalue weighted by molar-refractivity contribution is 7.89. The average Bonchev–Trinajstić information content (AvgIpc) is 2.14. The van der Waals surface area contributed by atoms with E-state index in [9.17, 15) is 8.42 Å². The summed E-state index contributed by atoms with van der Waals surface area (Å²) in [7, 11) is -3.65. The smallest absolute Gasteiger partial charge is 0.241 e. The van der Waals surface area contributed by atoms with Crippen molar-refractivity contribution >= 4 is 15.7 Å². The Morgan fingerprint density at radius 2 is 1.94 bits per heavy atom. The van der Waals surface area contributed by atoms with Crippen LogP contribution in [0.2, 0.25) is 0 Å². The molecule has 0 heterocycles. The van der Waals surface area contributed by atoms with E-state index in [1.165, 1.54) is 6.07 Å².